The van der Waals surface area contributed by atoms with Gasteiger partial charge in [0.25, 0.3) is 5.91 Å². The minimum atomic E-state index is -1.34. The largest absolute Gasteiger partial charge is 0.449 e. The molecule has 138 valence electrons. The van der Waals surface area contributed by atoms with Crippen LogP contribution in [0.5, 0.6) is 0 Å². The smallest absolute Gasteiger partial charge is 0.340 e. The van der Waals surface area contributed by atoms with Crippen LogP contribution in [-0.4, -0.2) is 27.9 Å². The Morgan fingerprint density at radius 3 is 2.62 bits per heavy atom. The van der Waals surface area contributed by atoms with Crippen LogP contribution in [0.15, 0.2) is 47.4 Å². The molecule has 0 aliphatic rings. The van der Waals surface area contributed by atoms with E-state index < -0.39 is 34.6 Å². The lowest BCUT2D eigenvalue weighted by atomic mass is 10.2. The zero-order valence-electron chi connectivity index (χ0n) is 14.1. The fourth-order valence-corrected chi connectivity index (χ4v) is 3.24. The van der Waals surface area contributed by atoms with Gasteiger partial charge < -0.3 is 10.1 Å². The monoisotopic (exact) mass is 397 g/mol. The second-order valence-electron chi connectivity index (χ2n) is 5.29. The zero-order valence-corrected chi connectivity index (χ0v) is 15.7. The van der Waals surface area contributed by atoms with Crippen molar-refractivity contribution in [1.29, 1.82) is 0 Å². The summed E-state index contributed by atoms with van der Waals surface area (Å²) >= 11 is 5.86. The molecule has 8 heteroatoms. The number of rotatable bonds is 6. The third-order valence-corrected chi connectivity index (χ3v) is 5.14. The highest BCUT2D eigenvalue weighted by atomic mass is 35.5. The molecule has 26 heavy (non-hydrogen) atoms. The number of nitrogens with one attached hydrogen (secondary N) is 1. The maximum Gasteiger partial charge on any atom is 0.340 e. The van der Waals surface area contributed by atoms with Crippen LogP contribution in [0.25, 0.3) is 0 Å². The van der Waals surface area contributed by atoms with Gasteiger partial charge in [-0.1, -0.05) is 30.7 Å². The molecule has 0 aliphatic carbocycles. The lowest BCUT2D eigenvalue weighted by Crippen LogP contribution is -2.30. The van der Waals surface area contributed by atoms with E-state index in [2.05, 4.69) is 5.32 Å². The Balaban J connectivity index is 2.09. The number of esters is 1. The van der Waals surface area contributed by atoms with E-state index in [1.165, 1.54) is 19.1 Å². The number of hydrogen-bond acceptors (Lipinski definition) is 4. The average Bonchev–Trinajstić information content (AvgIpc) is 2.63. The van der Waals surface area contributed by atoms with Gasteiger partial charge in [0.05, 0.1) is 32.0 Å². The lowest BCUT2D eigenvalue weighted by Gasteiger charge is -2.15. The highest BCUT2D eigenvalue weighted by molar-refractivity contribution is 7.85. The van der Waals surface area contributed by atoms with Crippen molar-refractivity contribution in [1.82, 2.24) is 0 Å². The molecule has 2 rings (SSSR count). The van der Waals surface area contributed by atoms with E-state index in [9.17, 15) is 18.2 Å². The van der Waals surface area contributed by atoms with Crippen LogP contribution in [0.4, 0.5) is 10.1 Å². The first-order valence-corrected chi connectivity index (χ1v) is 9.47. The van der Waals surface area contributed by atoms with Crippen LogP contribution in [0.1, 0.15) is 24.2 Å². The first-order chi connectivity index (χ1) is 12.3. The minimum absolute atomic E-state index is 0.0283. The molecule has 0 bridgehead atoms. The number of benzene rings is 2. The van der Waals surface area contributed by atoms with Crippen molar-refractivity contribution < 1.29 is 22.9 Å². The van der Waals surface area contributed by atoms with E-state index in [0.29, 0.717) is 10.6 Å². The molecular weight excluding hydrogens is 381 g/mol. The van der Waals surface area contributed by atoms with Gasteiger partial charge in [0.1, 0.15) is 5.82 Å². The Labute approximate surface area is 158 Å². The summed E-state index contributed by atoms with van der Waals surface area (Å²) in [5, 5.41) is 2.50. The average molecular weight is 398 g/mol. The summed E-state index contributed by atoms with van der Waals surface area (Å²) in [6.45, 7) is 3.13. The first-order valence-electron chi connectivity index (χ1n) is 7.77. The number of hydrogen-bond donors (Lipinski definition) is 1. The summed E-state index contributed by atoms with van der Waals surface area (Å²) in [5.74, 6) is -1.56. The predicted molar refractivity (Wildman–Crippen MR) is 98.3 cm³/mol. The van der Waals surface area contributed by atoms with Crippen LogP contribution < -0.4 is 5.32 Å². The summed E-state index contributed by atoms with van der Waals surface area (Å²) in [6.07, 6.45) is -1.13. The number of halogens is 2. The molecule has 0 aromatic heterocycles. The van der Waals surface area contributed by atoms with Crippen molar-refractivity contribution >= 4 is 40.0 Å². The fourth-order valence-electron chi connectivity index (χ4n) is 2.09. The summed E-state index contributed by atoms with van der Waals surface area (Å²) in [5.41, 5.74) is 0.348. The van der Waals surface area contributed by atoms with E-state index in [-0.39, 0.29) is 16.3 Å². The standard InChI is InChI=1S/C18H17ClFNO4S/c1-3-26(24)16-7-5-4-6-13(16)18(23)25-11(2)17(22)21-15-9-8-12(20)10-14(15)19/h4-11H,3H2,1-2H3,(H,21,22)/t11-,26-/m1/s1. The highest BCUT2D eigenvalue weighted by Crippen LogP contribution is 2.23. The summed E-state index contributed by atoms with van der Waals surface area (Å²) in [6, 6.07) is 9.89. The number of carbonyl (C=O) groups is 2. The molecule has 0 aliphatic heterocycles. The Bertz CT molecular complexity index is 859. The molecule has 1 amide bonds. The normalized spacial score (nSPS) is 12.9. The van der Waals surface area contributed by atoms with Crippen molar-refractivity contribution in [2.75, 3.05) is 11.1 Å². The second-order valence-corrected chi connectivity index (χ2v) is 7.41. The molecule has 0 saturated heterocycles. The van der Waals surface area contributed by atoms with Crippen molar-refractivity contribution in [3.05, 3.63) is 58.9 Å². The van der Waals surface area contributed by atoms with Crippen molar-refractivity contribution in [3.63, 3.8) is 0 Å². The van der Waals surface area contributed by atoms with Crippen LogP contribution >= 0.6 is 11.6 Å². The molecule has 5 nitrogen and oxygen atoms in total. The zero-order chi connectivity index (χ0) is 19.3. The topological polar surface area (TPSA) is 72.5 Å². The van der Waals surface area contributed by atoms with E-state index >= 15 is 0 Å². The summed E-state index contributed by atoms with van der Waals surface area (Å²) in [4.78, 5) is 24.9. The van der Waals surface area contributed by atoms with Gasteiger partial charge in [-0.25, -0.2) is 9.18 Å². The molecule has 0 saturated carbocycles. The first kappa shape index (κ1) is 20.1. The second kappa shape index (κ2) is 8.91. The molecule has 0 heterocycles. The van der Waals surface area contributed by atoms with Crippen molar-refractivity contribution in [2.24, 2.45) is 0 Å². The third-order valence-electron chi connectivity index (χ3n) is 3.46. The van der Waals surface area contributed by atoms with Gasteiger partial charge in [-0.05, 0) is 37.3 Å². The van der Waals surface area contributed by atoms with Gasteiger partial charge in [-0.2, -0.15) is 0 Å². The van der Waals surface area contributed by atoms with Crippen LogP contribution in [0.3, 0.4) is 0 Å². The number of amides is 1. The van der Waals surface area contributed by atoms with Gasteiger partial charge in [0, 0.05) is 5.75 Å². The summed E-state index contributed by atoms with van der Waals surface area (Å²) < 4.78 is 30.3. The van der Waals surface area contributed by atoms with Crippen molar-refractivity contribution in [3.8, 4) is 0 Å². The Morgan fingerprint density at radius 2 is 1.96 bits per heavy atom. The van der Waals surface area contributed by atoms with E-state index in [1.54, 1.807) is 25.1 Å². The molecule has 0 spiro atoms. The molecule has 1 N–H and O–H groups in total. The fraction of sp³-hybridized carbons (Fsp3) is 0.222. The van der Waals surface area contributed by atoms with Crippen LogP contribution in [-0.2, 0) is 20.3 Å². The molecular formula is C18H17ClFNO4S. The molecule has 2 aromatic carbocycles. The SMILES string of the molecule is CC[S@@](=O)c1ccccc1C(=O)O[C@H](C)C(=O)Nc1ccc(F)cc1Cl. The quantitative estimate of drug-likeness (QED) is 0.753. The van der Waals surface area contributed by atoms with Gasteiger partial charge in [0.2, 0.25) is 0 Å². The summed E-state index contributed by atoms with van der Waals surface area (Å²) in [7, 11) is -1.34. The lowest BCUT2D eigenvalue weighted by molar-refractivity contribution is -0.123. The van der Waals surface area contributed by atoms with E-state index in [4.69, 9.17) is 16.3 Å². The van der Waals surface area contributed by atoms with Gasteiger partial charge in [-0.3, -0.25) is 9.00 Å². The number of carbonyl (C=O) groups excluding carboxylic acids is 2. The van der Waals surface area contributed by atoms with E-state index in [1.807, 2.05) is 0 Å². The maximum absolute atomic E-state index is 13.0. The Kier molecular flexibility index (Phi) is 6.88. The maximum atomic E-state index is 13.0. The van der Waals surface area contributed by atoms with Gasteiger partial charge >= 0.3 is 5.97 Å². The van der Waals surface area contributed by atoms with Crippen molar-refractivity contribution in [2.45, 2.75) is 24.8 Å². The van der Waals surface area contributed by atoms with Crippen LogP contribution in [0, 0.1) is 5.82 Å². The molecule has 0 radical (unpaired) electrons. The predicted octanol–water partition coefficient (Wildman–Crippen LogP) is 3.79. The van der Waals surface area contributed by atoms with Gasteiger partial charge in [-0.15, -0.1) is 0 Å². The number of anilines is 1. The molecule has 0 fully saturated rings. The van der Waals surface area contributed by atoms with Crippen LogP contribution in [0.2, 0.25) is 5.02 Å². The third kappa shape index (κ3) is 4.89. The number of ether oxygens (including phenoxy) is 1. The molecule has 0 unspecified atom stereocenters. The Morgan fingerprint density at radius 1 is 1.27 bits per heavy atom. The molecule has 2 aromatic rings. The van der Waals surface area contributed by atoms with E-state index in [0.717, 1.165) is 12.1 Å². The highest BCUT2D eigenvalue weighted by Gasteiger charge is 2.22. The van der Waals surface area contributed by atoms with Gasteiger partial charge in [0.15, 0.2) is 6.10 Å². The molecule has 2 atom stereocenters. The Hall–Kier alpha value is -2.25. The minimum Gasteiger partial charge on any atom is -0.449 e.